The predicted octanol–water partition coefficient (Wildman–Crippen LogP) is 2.41. The van der Waals surface area contributed by atoms with Gasteiger partial charge in [-0.25, -0.2) is 0 Å². The van der Waals surface area contributed by atoms with Crippen LogP contribution in [0.5, 0.6) is 11.5 Å². The number of carbonyl (C=O) groups excluding carboxylic acids is 2. The normalized spacial score (nSPS) is 27.4. The van der Waals surface area contributed by atoms with E-state index in [0.29, 0.717) is 31.0 Å². The Bertz CT molecular complexity index is 1150. The molecule has 3 unspecified atom stereocenters. The van der Waals surface area contributed by atoms with Gasteiger partial charge in [0.25, 0.3) is 0 Å². The number of carbonyl (C=O) groups is 2. The maximum absolute atomic E-state index is 14.3. The molecule has 172 valence electrons. The highest BCUT2D eigenvalue weighted by atomic mass is 16.7. The van der Waals surface area contributed by atoms with Crippen LogP contribution in [0.3, 0.4) is 0 Å². The molecule has 8 heteroatoms. The smallest absolute Gasteiger partial charge is 0.242 e. The lowest BCUT2D eigenvalue weighted by Gasteiger charge is -2.39. The number of amides is 2. The lowest BCUT2D eigenvalue weighted by Crippen LogP contribution is -2.51. The first-order valence-electron chi connectivity index (χ1n) is 11.6. The van der Waals surface area contributed by atoms with Crippen molar-refractivity contribution < 1.29 is 19.1 Å². The molecule has 8 nitrogen and oxygen atoms in total. The van der Waals surface area contributed by atoms with Gasteiger partial charge in [-0.2, -0.15) is 0 Å². The zero-order chi connectivity index (χ0) is 22.7. The molecule has 4 aliphatic rings. The summed E-state index contributed by atoms with van der Waals surface area (Å²) >= 11 is 0. The molecule has 0 aliphatic carbocycles. The number of hydrogen-bond donors (Lipinski definition) is 2. The fourth-order valence-corrected chi connectivity index (χ4v) is 6.03. The molecule has 0 saturated carbocycles. The molecule has 3 atom stereocenters. The van der Waals surface area contributed by atoms with Crippen LogP contribution in [0.25, 0.3) is 0 Å². The summed E-state index contributed by atoms with van der Waals surface area (Å²) in [6.07, 6.45) is 2.04. The first-order valence-corrected chi connectivity index (χ1v) is 11.6. The number of piperidine rings is 1. The maximum Gasteiger partial charge on any atom is 0.242 e. The van der Waals surface area contributed by atoms with Crippen LogP contribution in [-0.2, 0) is 15.0 Å². The van der Waals surface area contributed by atoms with E-state index in [2.05, 4.69) is 5.32 Å². The summed E-state index contributed by atoms with van der Waals surface area (Å²) in [6, 6.07) is 11.9. The van der Waals surface area contributed by atoms with Gasteiger partial charge in [0.15, 0.2) is 11.5 Å². The van der Waals surface area contributed by atoms with E-state index in [1.165, 1.54) is 0 Å². The van der Waals surface area contributed by atoms with Crippen LogP contribution in [0.2, 0.25) is 0 Å². The van der Waals surface area contributed by atoms with E-state index < -0.39 is 5.41 Å². The minimum atomic E-state index is -0.882. The first-order chi connectivity index (χ1) is 16.0. The Morgan fingerprint density at radius 3 is 2.82 bits per heavy atom. The topological polar surface area (TPSA) is 97.1 Å². The van der Waals surface area contributed by atoms with Gasteiger partial charge in [0, 0.05) is 50.4 Å². The van der Waals surface area contributed by atoms with E-state index in [-0.39, 0.29) is 30.7 Å². The van der Waals surface area contributed by atoms with Crippen molar-refractivity contribution in [3.05, 3.63) is 47.5 Å². The average molecular weight is 449 g/mol. The molecule has 1 fully saturated rings. The van der Waals surface area contributed by atoms with Crippen molar-refractivity contribution in [3.8, 4) is 11.5 Å². The second-order valence-electron chi connectivity index (χ2n) is 9.52. The molecule has 1 spiro atoms. The van der Waals surface area contributed by atoms with Crippen LogP contribution in [0.1, 0.15) is 37.3 Å². The van der Waals surface area contributed by atoms with E-state index in [1.807, 2.05) is 46.2 Å². The molecule has 0 radical (unpaired) electrons. The van der Waals surface area contributed by atoms with Crippen molar-refractivity contribution in [2.24, 2.45) is 11.7 Å². The maximum atomic E-state index is 14.3. The van der Waals surface area contributed by atoms with E-state index in [1.54, 1.807) is 6.92 Å². The van der Waals surface area contributed by atoms with Gasteiger partial charge < -0.3 is 30.3 Å². The third kappa shape index (κ3) is 3.00. The zero-order valence-electron chi connectivity index (χ0n) is 18.7. The third-order valence-electron chi connectivity index (χ3n) is 7.51. The van der Waals surface area contributed by atoms with E-state index in [0.717, 1.165) is 41.9 Å². The molecule has 33 heavy (non-hydrogen) atoms. The van der Waals surface area contributed by atoms with E-state index in [4.69, 9.17) is 15.2 Å². The quantitative estimate of drug-likeness (QED) is 0.732. The molecule has 6 rings (SSSR count). The molecule has 0 bridgehead atoms. The molecule has 4 aliphatic heterocycles. The van der Waals surface area contributed by atoms with Crippen molar-refractivity contribution in [2.75, 3.05) is 36.6 Å². The van der Waals surface area contributed by atoms with Crippen LogP contribution in [0, 0.1) is 5.92 Å². The van der Waals surface area contributed by atoms with E-state index in [9.17, 15) is 9.59 Å². The highest BCUT2D eigenvalue weighted by Gasteiger charge is 2.56. The largest absolute Gasteiger partial charge is 0.454 e. The van der Waals surface area contributed by atoms with Gasteiger partial charge in [-0.15, -0.1) is 0 Å². The van der Waals surface area contributed by atoms with Gasteiger partial charge >= 0.3 is 0 Å². The fraction of sp³-hybridized carbons (Fsp3) is 0.440. The minimum Gasteiger partial charge on any atom is -0.454 e. The molecule has 4 heterocycles. The second-order valence-corrected chi connectivity index (χ2v) is 9.52. The van der Waals surface area contributed by atoms with Gasteiger partial charge in [0.05, 0.1) is 6.17 Å². The molecular formula is C25H28N4O4. The number of hydrogen-bond acceptors (Lipinski definition) is 6. The van der Waals surface area contributed by atoms with Crippen molar-refractivity contribution in [2.45, 2.75) is 37.8 Å². The summed E-state index contributed by atoms with van der Waals surface area (Å²) in [4.78, 5) is 30.1. The number of anilines is 2. The fourth-order valence-electron chi connectivity index (χ4n) is 6.03. The number of benzene rings is 2. The van der Waals surface area contributed by atoms with Crippen LogP contribution in [0.15, 0.2) is 36.4 Å². The molecule has 2 aromatic carbocycles. The molecule has 2 amide bonds. The number of para-hydroxylation sites is 1. The Kier molecular flexibility index (Phi) is 4.55. The van der Waals surface area contributed by atoms with Crippen molar-refractivity contribution in [1.82, 2.24) is 4.90 Å². The van der Waals surface area contributed by atoms with Crippen molar-refractivity contribution in [3.63, 3.8) is 0 Å². The number of nitrogens with zero attached hydrogens (tertiary/aromatic N) is 2. The predicted molar refractivity (Wildman–Crippen MR) is 123 cm³/mol. The highest BCUT2D eigenvalue weighted by Crippen LogP contribution is 2.55. The summed E-state index contributed by atoms with van der Waals surface area (Å²) in [5, 5.41) is 3.33. The van der Waals surface area contributed by atoms with Gasteiger partial charge in [0.1, 0.15) is 5.41 Å². The summed E-state index contributed by atoms with van der Waals surface area (Å²) in [6.45, 7) is 3.85. The molecule has 2 aromatic rings. The van der Waals surface area contributed by atoms with Gasteiger partial charge in [-0.3, -0.25) is 9.59 Å². The molecule has 0 aromatic heterocycles. The standard InChI is InChI=1S/C25H28N4O4/c1-15(30)28-8-4-5-16(12-28)13-29-20-7-3-2-6-17(20)25(24(29)31)11-23(26)27-19-10-22-21(9-18(19)25)32-14-33-22/h2-3,6-7,9-10,16,23,27H,4-5,8,11-14,26H2,1H3. The second kappa shape index (κ2) is 7.38. The summed E-state index contributed by atoms with van der Waals surface area (Å²) in [7, 11) is 0. The van der Waals surface area contributed by atoms with Crippen LogP contribution >= 0.6 is 0 Å². The Morgan fingerprint density at radius 2 is 2.00 bits per heavy atom. The van der Waals surface area contributed by atoms with Gasteiger partial charge in [-0.1, -0.05) is 18.2 Å². The van der Waals surface area contributed by atoms with E-state index >= 15 is 0 Å². The number of nitrogens with one attached hydrogen (secondary N) is 1. The van der Waals surface area contributed by atoms with Crippen molar-refractivity contribution >= 4 is 23.2 Å². The van der Waals surface area contributed by atoms with Crippen LogP contribution < -0.4 is 25.4 Å². The molecule has 3 N–H and O–H groups in total. The van der Waals surface area contributed by atoms with Crippen LogP contribution in [0.4, 0.5) is 11.4 Å². The Labute approximate surface area is 192 Å². The summed E-state index contributed by atoms with van der Waals surface area (Å²) in [5.74, 6) is 1.69. The summed E-state index contributed by atoms with van der Waals surface area (Å²) in [5.41, 5.74) is 9.16. The Balaban J connectivity index is 1.43. The number of rotatable bonds is 2. The molecular weight excluding hydrogens is 420 g/mol. The average Bonchev–Trinajstić information content (AvgIpc) is 3.35. The number of ether oxygens (including phenoxy) is 2. The first kappa shape index (κ1) is 20.4. The van der Waals surface area contributed by atoms with Gasteiger partial charge in [0.2, 0.25) is 18.6 Å². The number of nitrogens with two attached hydrogens (primary N) is 1. The molecule has 1 saturated heterocycles. The minimum absolute atomic E-state index is 0.0423. The Hall–Kier alpha value is -3.26. The Morgan fingerprint density at radius 1 is 1.21 bits per heavy atom. The number of fused-ring (bicyclic) bond motifs is 5. The third-order valence-corrected chi connectivity index (χ3v) is 7.51. The lowest BCUT2D eigenvalue weighted by molar-refractivity contribution is -0.130. The monoisotopic (exact) mass is 448 g/mol. The summed E-state index contributed by atoms with van der Waals surface area (Å²) < 4.78 is 11.2. The SMILES string of the molecule is CC(=O)N1CCCC(CN2C(=O)C3(CC(N)Nc4cc5c(cc43)OCO5)c3ccccc32)C1. The van der Waals surface area contributed by atoms with Gasteiger partial charge in [-0.05, 0) is 42.0 Å². The van der Waals surface area contributed by atoms with Crippen molar-refractivity contribution in [1.29, 1.82) is 0 Å². The zero-order valence-corrected chi connectivity index (χ0v) is 18.7. The lowest BCUT2D eigenvalue weighted by atomic mass is 9.69. The highest BCUT2D eigenvalue weighted by molar-refractivity contribution is 6.11. The van der Waals surface area contributed by atoms with Crippen LogP contribution in [-0.4, -0.2) is 49.3 Å². The number of likely N-dealkylation sites (tertiary alicyclic amines) is 1.